The molecule has 110 valence electrons. The Hall–Kier alpha value is -1.99. The van der Waals surface area contributed by atoms with Crippen LogP contribution in [0.4, 0.5) is 23.2 Å². The van der Waals surface area contributed by atoms with Gasteiger partial charge in [0.05, 0.1) is 11.3 Å². The van der Waals surface area contributed by atoms with Crippen LogP contribution in [0.25, 0.3) is 0 Å². The van der Waals surface area contributed by atoms with Crippen LogP contribution in [0, 0.1) is 5.82 Å². The third kappa shape index (κ3) is 3.12. The van der Waals surface area contributed by atoms with Gasteiger partial charge in [0.25, 0.3) is 0 Å². The van der Waals surface area contributed by atoms with Crippen LogP contribution in [0.3, 0.4) is 0 Å². The lowest BCUT2D eigenvalue weighted by atomic mass is 10.1. The first-order valence-corrected chi connectivity index (χ1v) is 5.93. The zero-order valence-electron chi connectivity index (χ0n) is 10.4. The molecule has 1 aliphatic rings. The standard InChI is InChI=1S/C12H13F4N3O/c13-8-2-1-3-9(10(8)11(17)18-20)19(7-4-5-7)6-12(14,15)16/h1-3,7,20H,4-6H2,(H2,17,18). The fraction of sp³-hybridized carbons (Fsp3) is 0.417. The summed E-state index contributed by atoms with van der Waals surface area (Å²) >= 11 is 0. The molecule has 1 aromatic carbocycles. The van der Waals surface area contributed by atoms with Gasteiger partial charge in [-0.25, -0.2) is 4.39 Å². The summed E-state index contributed by atoms with van der Waals surface area (Å²) in [5, 5.41) is 11.3. The summed E-state index contributed by atoms with van der Waals surface area (Å²) in [6.07, 6.45) is -3.22. The number of hydrogen-bond donors (Lipinski definition) is 2. The van der Waals surface area contributed by atoms with Gasteiger partial charge in [-0.05, 0) is 25.0 Å². The topological polar surface area (TPSA) is 61.9 Å². The summed E-state index contributed by atoms with van der Waals surface area (Å²) in [5.41, 5.74) is 5.04. The fourth-order valence-electron chi connectivity index (χ4n) is 2.05. The van der Waals surface area contributed by atoms with E-state index in [4.69, 9.17) is 10.9 Å². The van der Waals surface area contributed by atoms with E-state index in [0.717, 1.165) is 11.0 Å². The summed E-state index contributed by atoms with van der Waals surface area (Å²) in [6.45, 7) is -1.20. The van der Waals surface area contributed by atoms with E-state index in [1.807, 2.05) is 0 Å². The van der Waals surface area contributed by atoms with Crippen LogP contribution >= 0.6 is 0 Å². The third-order valence-corrected chi connectivity index (χ3v) is 3.00. The van der Waals surface area contributed by atoms with Gasteiger partial charge in [-0.2, -0.15) is 13.2 Å². The average molecular weight is 291 g/mol. The molecular formula is C12H13F4N3O. The summed E-state index contributed by atoms with van der Waals surface area (Å²) in [5.74, 6) is -1.38. The van der Waals surface area contributed by atoms with Gasteiger partial charge in [-0.15, -0.1) is 0 Å². The molecule has 0 radical (unpaired) electrons. The van der Waals surface area contributed by atoms with E-state index < -0.39 is 24.4 Å². The van der Waals surface area contributed by atoms with Gasteiger partial charge in [0.1, 0.15) is 12.4 Å². The summed E-state index contributed by atoms with van der Waals surface area (Å²) in [7, 11) is 0. The number of anilines is 1. The molecule has 0 saturated heterocycles. The smallest absolute Gasteiger partial charge is 0.405 e. The van der Waals surface area contributed by atoms with Crippen molar-refractivity contribution in [2.24, 2.45) is 10.9 Å². The van der Waals surface area contributed by atoms with Gasteiger partial charge in [0.2, 0.25) is 0 Å². The van der Waals surface area contributed by atoms with E-state index >= 15 is 0 Å². The van der Waals surface area contributed by atoms with E-state index in [-0.39, 0.29) is 17.3 Å². The Morgan fingerprint density at radius 2 is 2.05 bits per heavy atom. The molecule has 0 aliphatic heterocycles. The van der Waals surface area contributed by atoms with E-state index in [1.54, 1.807) is 0 Å². The minimum Gasteiger partial charge on any atom is -0.409 e. The lowest BCUT2D eigenvalue weighted by Gasteiger charge is -2.27. The number of hydrogen-bond acceptors (Lipinski definition) is 3. The average Bonchev–Trinajstić information content (AvgIpc) is 3.18. The second-order valence-corrected chi connectivity index (χ2v) is 4.59. The molecule has 20 heavy (non-hydrogen) atoms. The van der Waals surface area contributed by atoms with Crippen LogP contribution in [0.1, 0.15) is 18.4 Å². The van der Waals surface area contributed by atoms with Crippen molar-refractivity contribution in [1.82, 2.24) is 0 Å². The van der Waals surface area contributed by atoms with Crippen molar-refractivity contribution < 1.29 is 22.8 Å². The highest BCUT2D eigenvalue weighted by molar-refractivity contribution is 6.02. The highest BCUT2D eigenvalue weighted by Gasteiger charge is 2.39. The number of oxime groups is 1. The number of benzene rings is 1. The lowest BCUT2D eigenvalue weighted by Crippen LogP contribution is -2.37. The summed E-state index contributed by atoms with van der Waals surface area (Å²) in [6, 6.07) is 3.38. The van der Waals surface area contributed by atoms with Crippen molar-refractivity contribution in [2.75, 3.05) is 11.4 Å². The van der Waals surface area contributed by atoms with Gasteiger partial charge >= 0.3 is 6.18 Å². The highest BCUT2D eigenvalue weighted by atomic mass is 19.4. The molecule has 4 nitrogen and oxygen atoms in total. The molecule has 3 N–H and O–H groups in total. The molecule has 1 aromatic rings. The van der Waals surface area contributed by atoms with Crippen LogP contribution in [-0.2, 0) is 0 Å². The first-order chi connectivity index (χ1) is 9.33. The zero-order valence-corrected chi connectivity index (χ0v) is 10.4. The normalized spacial score (nSPS) is 16.3. The number of nitrogens with zero attached hydrogens (tertiary/aromatic N) is 2. The van der Waals surface area contributed by atoms with Crippen molar-refractivity contribution in [3.63, 3.8) is 0 Å². The summed E-state index contributed by atoms with van der Waals surface area (Å²) < 4.78 is 51.7. The second-order valence-electron chi connectivity index (χ2n) is 4.59. The van der Waals surface area contributed by atoms with Crippen molar-refractivity contribution in [1.29, 1.82) is 0 Å². The Morgan fingerprint density at radius 1 is 1.40 bits per heavy atom. The van der Waals surface area contributed by atoms with Crippen molar-refractivity contribution in [3.05, 3.63) is 29.6 Å². The minimum atomic E-state index is -4.42. The molecule has 0 atom stereocenters. The molecule has 8 heteroatoms. The van der Waals surface area contributed by atoms with Crippen molar-refractivity contribution >= 4 is 11.5 Å². The SMILES string of the molecule is NC(=NO)c1c(F)cccc1N(CC(F)(F)F)C1CC1. The number of halogens is 4. The molecule has 0 bridgehead atoms. The quantitative estimate of drug-likeness (QED) is 0.294. The molecular weight excluding hydrogens is 278 g/mol. The van der Waals surface area contributed by atoms with E-state index in [1.165, 1.54) is 12.1 Å². The molecule has 0 heterocycles. The highest BCUT2D eigenvalue weighted by Crippen LogP contribution is 2.36. The molecule has 0 unspecified atom stereocenters. The van der Waals surface area contributed by atoms with Crippen molar-refractivity contribution in [2.45, 2.75) is 25.1 Å². The Balaban J connectivity index is 2.46. The van der Waals surface area contributed by atoms with E-state index in [9.17, 15) is 17.6 Å². The predicted octanol–water partition coefficient (Wildman–Crippen LogP) is 2.45. The predicted molar refractivity (Wildman–Crippen MR) is 65.3 cm³/mol. The first kappa shape index (κ1) is 14.4. The number of rotatable bonds is 4. The van der Waals surface area contributed by atoms with Gasteiger partial charge in [0, 0.05) is 6.04 Å². The zero-order chi connectivity index (χ0) is 14.9. The van der Waals surface area contributed by atoms with Gasteiger partial charge in [-0.1, -0.05) is 11.2 Å². The van der Waals surface area contributed by atoms with Crippen molar-refractivity contribution in [3.8, 4) is 0 Å². The molecule has 1 fully saturated rings. The lowest BCUT2D eigenvalue weighted by molar-refractivity contribution is -0.120. The second kappa shape index (κ2) is 5.18. The molecule has 1 saturated carbocycles. The Kier molecular flexibility index (Phi) is 3.74. The molecule has 0 spiro atoms. The van der Waals surface area contributed by atoms with Crippen LogP contribution in [0.5, 0.6) is 0 Å². The molecule has 0 aromatic heterocycles. The van der Waals surface area contributed by atoms with E-state index in [2.05, 4.69) is 5.16 Å². The fourth-order valence-corrected chi connectivity index (χ4v) is 2.05. The maximum absolute atomic E-state index is 13.8. The Labute approximate surface area is 112 Å². The first-order valence-electron chi connectivity index (χ1n) is 5.93. The number of nitrogens with two attached hydrogens (primary N) is 1. The van der Waals surface area contributed by atoms with E-state index in [0.29, 0.717) is 12.8 Å². The monoisotopic (exact) mass is 291 g/mol. The van der Waals surface area contributed by atoms with Crippen LogP contribution in [-0.4, -0.2) is 29.8 Å². The number of amidine groups is 1. The minimum absolute atomic E-state index is 0.0138. The molecule has 0 amide bonds. The number of alkyl halides is 3. The Bertz CT molecular complexity index is 526. The van der Waals surface area contributed by atoms with Crippen LogP contribution < -0.4 is 10.6 Å². The third-order valence-electron chi connectivity index (χ3n) is 3.00. The van der Waals surface area contributed by atoms with Crippen LogP contribution in [0.15, 0.2) is 23.4 Å². The maximum atomic E-state index is 13.8. The van der Waals surface area contributed by atoms with Gasteiger partial charge in [-0.3, -0.25) is 0 Å². The van der Waals surface area contributed by atoms with Gasteiger partial charge in [0.15, 0.2) is 5.84 Å². The van der Waals surface area contributed by atoms with Crippen LogP contribution in [0.2, 0.25) is 0 Å². The largest absolute Gasteiger partial charge is 0.409 e. The Morgan fingerprint density at radius 3 is 2.55 bits per heavy atom. The molecule has 1 aliphatic carbocycles. The summed E-state index contributed by atoms with van der Waals surface area (Å²) in [4.78, 5) is 1.05. The maximum Gasteiger partial charge on any atom is 0.405 e. The molecule has 2 rings (SSSR count). The van der Waals surface area contributed by atoms with Gasteiger partial charge < -0.3 is 15.8 Å².